The van der Waals surface area contributed by atoms with Gasteiger partial charge in [0.15, 0.2) is 9.84 Å². The van der Waals surface area contributed by atoms with Crippen molar-refractivity contribution in [2.24, 2.45) is 0 Å². The monoisotopic (exact) mass is 349 g/mol. The van der Waals surface area contributed by atoms with Crippen LogP contribution in [0.15, 0.2) is 54.6 Å². The summed E-state index contributed by atoms with van der Waals surface area (Å²) in [7, 11) is -3.74. The second-order valence-corrected chi connectivity index (χ2v) is 8.04. The van der Waals surface area contributed by atoms with Crippen molar-refractivity contribution in [3.05, 3.63) is 71.5 Å². The summed E-state index contributed by atoms with van der Waals surface area (Å²) in [5, 5.41) is 1.49. The summed E-state index contributed by atoms with van der Waals surface area (Å²) in [6, 6.07) is 14.4. The molecule has 2 rings (SSSR count). The van der Waals surface area contributed by atoms with Crippen LogP contribution >= 0.6 is 0 Å². The number of hydrogen-bond acceptors (Lipinski definition) is 3. The van der Waals surface area contributed by atoms with Crippen molar-refractivity contribution in [1.82, 2.24) is 5.32 Å². The van der Waals surface area contributed by atoms with Crippen molar-refractivity contribution in [1.29, 1.82) is 0 Å². The molecule has 0 fully saturated rings. The Hall–Kier alpha value is -2.21. The van der Waals surface area contributed by atoms with Crippen LogP contribution in [-0.2, 0) is 20.4 Å². The first kappa shape index (κ1) is 18.1. The Bertz CT molecular complexity index is 806. The summed E-state index contributed by atoms with van der Waals surface area (Å²) in [5.74, 6) is -1.45. The van der Waals surface area contributed by atoms with E-state index in [0.717, 1.165) is 11.6 Å². The summed E-state index contributed by atoms with van der Waals surface area (Å²) in [4.78, 5) is 12.3. The van der Waals surface area contributed by atoms with Crippen molar-refractivity contribution in [2.75, 3.05) is 0 Å². The maximum Gasteiger partial charge on any atom is 0.238 e. The zero-order chi connectivity index (χ0) is 17.7. The van der Waals surface area contributed by atoms with Crippen LogP contribution in [0.5, 0.6) is 0 Å². The van der Waals surface area contributed by atoms with E-state index in [2.05, 4.69) is 5.32 Å². The van der Waals surface area contributed by atoms with Crippen molar-refractivity contribution in [3.8, 4) is 0 Å². The molecule has 0 radical (unpaired) electrons. The van der Waals surface area contributed by atoms with E-state index in [9.17, 15) is 17.6 Å². The molecule has 0 aliphatic carbocycles. The number of carbonyl (C=O) groups excluding carboxylic acids is 1. The molecule has 0 heterocycles. The fraction of sp³-hybridized carbons (Fsp3) is 0.278. The topological polar surface area (TPSA) is 63.2 Å². The third-order valence-electron chi connectivity index (χ3n) is 3.82. The maximum atomic E-state index is 13.2. The van der Waals surface area contributed by atoms with Crippen LogP contribution in [0.4, 0.5) is 4.39 Å². The molecule has 2 atom stereocenters. The van der Waals surface area contributed by atoms with Crippen molar-refractivity contribution >= 4 is 15.7 Å². The van der Waals surface area contributed by atoms with E-state index in [0.29, 0.717) is 5.56 Å². The molecule has 4 nitrogen and oxygen atoms in total. The highest BCUT2D eigenvalue weighted by atomic mass is 32.2. The number of carbonyl (C=O) groups is 1. The van der Waals surface area contributed by atoms with Gasteiger partial charge in [-0.3, -0.25) is 4.79 Å². The van der Waals surface area contributed by atoms with E-state index in [1.807, 2.05) is 30.3 Å². The molecule has 2 aromatic rings. The zero-order valence-corrected chi connectivity index (χ0v) is 14.4. The van der Waals surface area contributed by atoms with Crippen LogP contribution in [0.3, 0.4) is 0 Å². The van der Waals surface area contributed by atoms with Crippen molar-refractivity contribution in [3.63, 3.8) is 0 Å². The van der Waals surface area contributed by atoms with Crippen LogP contribution in [0.1, 0.15) is 31.0 Å². The van der Waals surface area contributed by atoms with Gasteiger partial charge in [-0.1, -0.05) is 42.5 Å². The third kappa shape index (κ3) is 4.64. The van der Waals surface area contributed by atoms with Gasteiger partial charge in [0, 0.05) is 0 Å². The number of sulfone groups is 1. The lowest BCUT2D eigenvalue weighted by Gasteiger charge is -2.18. The maximum absolute atomic E-state index is 13.2. The molecule has 0 aromatic heterocycles. The van der Waals surface area contributed by atoms with E-state index < -0.39 is 26.8 Å². The second-order valence-electron chi connectivity index (χ2n) is 5.72. The van der Waals surface area contributed by atoms with Gasteiger partial charge in [-0.2, -0.15) is 0 Å². The zero-order valence-electron chi connectivity index (χ0n) is 13.6. The quantitative estimate of drug-likeness (QED) is 0.872. The minimum Gasteiger partial charge on any atom is -0.348 e. The number of rotatable bonds is 6. The molecule has 6 heteroatoms. The summed E-state index contributed by atoms with van der Waals surface area (Å²) in [5.41, 5.74) is 1.21. The van der Waals surface area contributed by atoms with Crippen molar-refractivity contribution in [2.45, 2.75) is 30.9 Å². The highest BCUT2D eigenvalue weighted by molar-refractivity contribution is 7.92. The summed E-state index contributed by atoms with van der Waals surface area (Å²) in [6.07, 6.45) is 0. The highest BCUT2D eigenvalue weighted by Gasteiger charge is 2.29. The van der Waals surface area contributed by atoms with E-state index in [4.69, 9.17) is 0 Å². The summed E-state index contributed by atoms with van der Waals surface area (Å²) >= 11 is 0. The second kappa shape index (κ2) is 7.57. The SMILES string of the molecule is C[C@H](NC(=O)[C@H](C)S(=O)(=O)Cc1cccc(F)c1)c1ccccc1. The molecule has 1 N–H and O–H groups in total. The van der Waals surface area contributed by atoms with E-state index in [-0.39, 0.29) is 11.8 Å². The average Bonchev–Trinajstić information content (AvgIpc) is 2.54. The molecule has 0 saturated carbocycles. The Kier molecular flexibility index (Phi) is 5.72. The van der Waals surface area contributed by atoms with Gasteiger partial charge >= 0.3 is 0 Å². The minimum atomic E-state index is -3.74. The predicted molar refractivity (Wildman–Crippen MR) is 91.5 cm³/mol. The number of benzene rings is 2. The molecule has 0 saturated heterocycles. The Balaban J connectivity index is 2.06. The van der Waals surface area contributed by atoms with Crippen LogP contribution < -0.4 is 5.32 Å². The molecule has 1 amide bonds. The van der Waals surface area contributed by atoms with Gasteiger partial charge in [0.1, 0.15) is 11.1 Å². The highest BCUT2D eigenvalue weighted by Crippen LogP contribution is 2.15. The standard InChI is InChI=1S/C18H20FNO3S/c1-13(16-8-4-3-5-9-16)20-18(21)14(2)24(22,23)12-15-7-6-10-17(19)11-15/h3-11,13-14H,12H2,1-2H3,(H,20,21)/t13-,14-/m0/s1. The molecule has 0 spiro atoms. The smallest absolute Gasteiger partial charge is 0.238 e. The van der Waals surface area contributed by atoms with Crippen LogP contribution in [0.25, 0.3) is 0 Å². The number of hydrogen-bond donors (Lipinski definition) is 1. The lowest BCUT2D eigenvalue weighted by Crippen LogP contribution is -2.39. The molecule has 2 aromatic carbocycles. The predicted octanol–water partition coefficient (Wildman–Crippen LogP) is 3.01. The fourth-order valence-electron chi connectivity index (χ4n) is 2.30. The van der Waals surface area contributed by atoms with Gasteiger partial charge in [-0.25, -0.2) is 12.8 Å². The van der Waals surface area contributed by atoms with Crippen LogP contribution in [0, 0.1) is 5.82 Å². The summed E-state index contributed by atoms with van der Waals surface area (Å²) in [6.45, 7) is 3.14. The van der Waals surface area contributed by atoms with E-state index in [1.54, 1.807) is 6.92 Å². The average molecular weight is 349 g/mol. The molecule has 24 heavy (non-hydrogen) atoms. The van der Waals surface area contributed by atoms with Crippen LogP contribution in [-0.4, -0.2) is 19.6 Å². The lowest BCUT2D eigenvalue weighted by atomic mass is 10.1. The van der Waals surface area contributed by atoms with Gasteiger partial charge in [-0.05, 0) is 37.1 Å². The number of halogens is 1. The minimum absolute atomic E-state index is 0.300. The Morgan fingerprint density at radius 1 is 1.08 bits per heavy atom. The Labute approximate surface area is 141 Å². The first-order valence-corrected chi connectivity index (χ1v) is 9.32. The molecule has 0 bridgehead atoms. The number of nitrogens with one attached hydrogen (secondary N) is 1. The van der Waals surface area contributed by atoms with Gasteiger partial charge < -0.3 is 5.32 Å². The molecule has 128 valence electrons. The lowest BCUT2D eigenvalue weighted by molar-refractivity contribution is -0.121. The van der Waals surface area contributed by atoms with Gasteiger partial charge in [-0.15, -0.1) is 0 Å². The van der Waals surface area contributed by atoms with E-state index >= 15 is 0 Å². The molecule has 0 aliphatic heterocycles. The van der Waals surface area contributed by atoms with Gasteiger partial charge in [0.25, 0.3) is 0 Å². The molecular formula is C18H20FNO3S. The largest absolute Gasteiger partial charge is 0.348 e. The Morgan fingerprint density at radius 2 is 1.75 bits per heavy atom. The first-order valence-electron chi connectivity index (χ1n) is 7.61. The normalized spacial score (nSPS) is 14.0. The third-order valence-corrected chi connectivity index (χ3v) is 5.85. The molecule has 0 unspecified atom stereocenters. The van der Waals surface area contributed by atoms with Crippen LogP contribution in [0.2, 0.25) is 0 Å². The van der Waals surface area contributed by atoms with Crippen molar-refractivity contribution < 1.29 is 17.6 Å². The van der Waals surface area contributed by atoms with E-state index in [1.165, 1.54) is 25.1 Å². The molecular weight excluding hydrogens is 329 g/mol. The van der Waals surface area contributed by atoms with Gasteiger partial charge in [0.2, 0.25) is 5.91 Å². The first-order chi connectivity index (χ1) is 11.3. The number of amides is 1. The molecule has 0 aliphatic rings. The van der Waals surface area contributed by atoms with Gasteiger partial charge in [0.05, 0.1) is 11.8 Å². The fourth-order valence-corrected chi connectivity index (χ4v) is 3.59. The Morgan fingerprint density at radius 3 is 2.38 bits per heavy atom. The summed E-state index contributed by atoms with van der Waals surface area (Å²) < 4.78 is 38.0.